The maximum absolute atomic E-state index is 11.0. The lowest BCUT2D eigenvalue weighted by atomic mass is 10.1. The lowest BCUT2D eigenvalue weighted by Crippen LogP contribution is -1.99. The summed E-state index contributed by atoms with van der Waals surface area (Å²) in [4.78, 5) is 10.5. The van der Waals surface area contributed by atoms with Crippen molar-refractivity contribution in [1.29, 1.82) is 0 Å². The monoisotopic (exact) mass is 283 g/mol. The van der Waals surface area contributed by atoms with Crippen molar-refractivity contribution >= 4 is 17.3 Å². The van der Waals surface area contributed by atoms with Gasteiger partial charge in [0.15, 0.2) is 0 Å². The summed E-state index contributed by atoms with van der Waals surface area (Å²) < 4.78 is 10.6. The summed E-state index contributed by atoms with van der Waals surface area (Å²) in [5.74, 6) is 0.569. The van der Waals surface area contributed by atoms with Gasteiger partial charge in [-0.2, -0.15) is 0 Å². The van der Waals surface area contributed by atoms with Gasteiger partial charge in [-0.15, -0.1) is 21.8 Å². The Bertz CT molecular complexity index is 599. The Morgan fingerprint density at radius 2 is 2.26 bits per heavy atom. The summed E-state index contributed by atoms with van der Waals surface area (Å²) in [6, 6.07) is 4.50. The van der Waals surface area contributed by atoms with E-state index in [2.05, 4.69) is 10.2 Å². The van der Waals surface area contributed by atoms with Crippen LogP contribution in [0.5, 0.6) is 5.75 Å². The van der Waals surface area contributed by atoms with Crippen molar-refractivity contribution in [2.45, 2.75) is 12.8 Å². The lowest BCUT2D eigenvalue weighted by Gasteiger charge is -2.07. The number of benzene rings is 1. The van der Waals surface area contributed by atoms with Crippen LogP contribution in [-0.2, 0) is 5.88 Å². The molecule has 1 heterocycles. The number of ether oxygens (including phenoxy) is 1. The van der Waals surface area contributed by atoms with Gasteiger partial charge in [-0.05, 0) is 13.0 Å². The van der Waals surface area contributed by atoms with Gasteiger partial charge in [0.25, 0.3) is 5.89 Å². The molecule has 1 aromatic heterocycles. The number of hydrogen-bond donors (Lipinski definition) is 0. The second-order valence-corrected chi connectivity index (χ2v) is 3.75. The van der Waals surface area contributed by atoms with Gasteiger partial charge < -0.3 is 9.15 Å². The molecule has 0 aliphatic carbocycles. The molecular formula is C11H10ClN3O4. The number of nitro benzene ring substituents is 1. The third kappa shape index (κ3) is 2.65. The predicted octanol–water partition coefficient (Wildman–Crippen LogP) is 2.78. The first-order chi connectivity index (χ1) is 9.17. The van der Waals surface area contributed by atoms with Crippen LogP contribution in [-0.4, -0.2) is 21.7 Å². The Morgan fingerprint density at radius 1 is 1.47 bits per heavy atom. The van der Waals surface area contributed by atoms with E-state index in [0.29, 0.717) is 5.56 Å². The zero-order valence-corrected chi connectivity index (χ0v) is 10.8. The summed E-state index contributed by atoms with van der Waals surface area (Å²) in [5, 5.41) is 18.5. The van der Waals surface area contributed by atoms with Gasteiger partial charge in [-0.25, -0.2) is 0 Å². The van der Waals surface area contributed by atoms with E-state index in [1.54, 1.807) is 13.0 Å². The van der Waals surface area contributed by atoms with Crippen LogP contribution in [0.4, 0.5) is 5.69 Å². The molecule has 0 spiro atoms. The van der Waals surface area contributed by atoms with Crippen molar-refractivity contribution < 1.29 is 14.1 Å². The number of halogens is 1. The van der Waals surface area contributed by atoms with Crippen LogP contribution in [0.25, 0.3) is 11.5 Å². The van der Waals surface area contributed by atoms with Crippen LogP contribution in [0, 0.1) is 10.1 Å². The Hall–Kier alpha value is -2.15. The minimum atomic E-state index is -0.521. The molecule has 0 atom stereocenters. The highest BCUT2D eigenvalue weighted by Crippen LogP contribution is 2.37. The maximum atomic E-state index is 11.0. The molecule has 7 nitrogen and oxygen atoms in total. The van der Waals surface area contributed by atoms with Crippen LogP contribution < -0.4 is 4.74 Å². The van der Waals surface area contributed by atoms with Gasteiger partial charge in [-0.1, -0.05) is 6.07 Å². The molecule has 0 fully saturated rings. The van der Waals surface area contributed by atoms with Gasteiger partial charge in [0, 0.05) is 6.07 Å². The first-order valence-corrected chi connectivity index (χ1v) is 5.99. The van der Waals surface area contributed by atoms with Crippen LogP contribution in [0.1, 0.15) is 12.8 Å². The van der Waals surface area contributed by atoms with E-state index in [1.165, 1.54) is 12.1 Å². The average molecular weight is 284 g/mol. The molecule has 0 saturated heterocycles. The zero-order chi connectivity index (χ0) is 13.8. The number of aromatic nitrogens is 2. The number of para-hydroxylation sites is 1. The summed E-state index contributed by atoms with van der Waals surface area (Å²) >= 11 is 5.57. The molecule has 8 heteroatoms. The normalized spacial score (nSPS) is 10.4. The van der Waals surface area contributed by atoms with Crippen molar-refractivity contribution in [3.63, 3.8) is 0 Å². The molecule has 0 saturated carbocycles. The molecule has 0 amide bonds. The smallest absolute Gasteiger partial charge is 0.311 e. The summed E-state index contributed by atoms with van der Waals surface area (Å²) in [7, 11) is 0. The maximum Gasteiger partial charge on any atom is 0.311 e. The van der Waals surface area contributed by atoms with Crippen molar-refractivity contribution in [3.05, 3.63) is 34.2 Å². The standard InChI is InChI=1S/C11H10ClN3O4/c1-2-18-10-7(4-3-5-8(10)15(16)17)11-14-13-9(6-12)19-11/h3-5H,2,6H2,1H3. The second kappa shape index (κ2) is 5.66. The molecule has 2 rings (SSSR count). The van der Waals surface area contributed by atoms with E-state index in [1.807, 2.05) is 0 Å². The first-order valence-electron chi connectivity index (χ1n) is 5.46. The van der Waals surface area contributed by atoms with Crippen LogP contribution in [0.15, 0.2) is 22.6 Å². The Labute approximate surface area is 113 Å². The van der Waals surface area contributed by atoms with Gasteiger partial charge in [0.1, 0.15) is 5.88 Å². The Morgan fingerprint density at radius 3 is 2.84 bits per heavy atom. The van der Waals surface area contributed by atoms with Crippen LogP contribution in [0.3, 0.4) is 0 Å². The highest BCUT2D eigenvalue weighted by molar-refractivity contribution is 6.16. The Kier molecular flexibility index (Phi) is 3.96. The fourth-order valence-corrected chi connectivity index (χ4v) is 1.66. The topological polar surface area (TPSA) is 91.3 Å². The number of alkyl halides is 1. The minimum absolute atomic E-state index is 0.0753. The van der Waals surface area contributed by atoms with Crippen LogP contribution in [0.2, 0.25) is 0 Å². The lowest BCUT2D eigenvalue weighted by molar-refractivity contribution is -0.385. The van der Waals surface area contributed by atoms with Crippen molar-refractivity contribution in [2.75, 3.05) is 6.61 Å². The molecule has 19 heavy (non-hydrogen) atoms. The summed E-state index contributed by atoms with van der Waals surface area (Å²) in [6.45, 7) is 2.02. The third-order valence-corrected chi connectivity index (χ3v) is 2.52. The van der Waals surface area contributed by atoms with Gasteiger partial charge in [0.2, 0.25) is 11.6 Å². The summed E-state index contributed by atoms with van der Waals surface area (Å²) in [6.07, 6.45) is 0. The fourth-order valence-electron chi connectivity index (χ4n) is 1.55. The van der Waals surface area contributed by atoms with Crippen molar-refractivity contribution in [1.82, 2.24) is 10.2 Å². The Balaban J connectivity index is 2.55. The zero-order valence-electron chi connectivity index (χ0n) is 10.00. The number of nitrogens with zero attached hydrogens (tertiary/aromatic N) is 3. The largest absolute Gasteiger partial charge is 0.487 e. The molecule has 1 aromatic carbocycles. The summed E-state index contributed by atoms with van der Waals surface area (Å²) in [5.41, 5.74) is 0.227. The molecule has 2 aromatic rings. The molecule has 0 aliphatic rings. The minimum Gasteiger partial charge on any atom is -0.487 e. The molecule has 0 unspecified atom stereocenters. The second-order valence-electron chi connectivity index (χ2n) is 3.48. The average Bonchev–Trinajstić information content (AvgIpc) is 2.87. The number of rotatable bonds is 5. The van der Waals surface area contributed by atoms with E-state index in [0.717, 1.165) is 0 Å². The predicted molar refractivity (Wildman–Crippen MR) is 67.1 cm³/mol. The molecule has 0 radical (unpaired) electrons. The highest BCUT2D eigenvalue weighted by atomic mass is 35.5. The van der Waals surface area contributed by atoms with E-state index < -0.39 is 4.92 Å². The SMILES string of the molecule is CCOc1c(-c2nnc(CCl)o2)cccc1[N+](=O)[O-]. The molecule has 100 valence electrons. The van der Waals surface area contributed by atoms with Crippen molar-refractivity contribution in [2.24, 2.45) is 0 Å². The first kappa shape index (κ1) is 13.3. The van der Waals surface area contributed by atoms with E-state index in [-0.39, 0.29) is 35.7 Å². The van der Waals surface area contributed by atoms with E-state index in [9.17, 15) is 10.1 Å². The molecule has 0 aliphatic heterocycles. The molecular weight excluding hydrogens is 274 g/mol. The fraction of sp³-hybridized carbons (Fsp3) is 0.273. The van der Waals surface area contributed by atoms with Crippen LogP contribution >= 0.6 is 11.6 Å². The van der Waals surface area contributed by atoms with Crippen molar-refractivity contribution in [3.8, 4) is 17.2 Å². The van der Waals surface area contributed by atoms with Gasteiger partial charge in [-0.3, -0.25) is 10.1 Å². The third-order valence-electron chi connectivity index (χ3n) is 2.29. The molecule has 0 N–H and O–H groups in total. The van der Waals surface area contributed by atoms with E-state index >= 15 is 0 Å². The van der Waals surface area contributed by atoms with Gasteiger partial charge in [0.05, 0.1) is 17.1 Å². The number of hydrogen-bond acceptors (Lipinski definition) is 6. The molecule has 0 bridgehead atoms. The highest BCUT2D eigenvalue weighted by Gasteiger charge is 2.22. The van der Waals surface area contributed by atoms with Gasteiger partial charge >= 0.3 is 5.69 Å². The quantitative estimate of drug-likeness (QED) is 0.476. The van der Waals surface area contributed by atoms with E-state index in [4.69, 9.17) is 20.8 Å². The number of nitro groups is 1.